The summed E-state index contributed by atoms with van der Waals surface area (Å²) < 4.78 is 5.43. The van der Waals surface area contributed by atoms with E-state index in [0.717, 1.165) is 18.7 Å². The predicted octanol–water partition coefficient (Wildman–Crippen LogP) is 5.47. The Hall–Kier alpha value is -3.81. The highest BCUT2D eigenvalue weighted by molar-refractivity contribution is 6.30. The van der Waals surface area contributed by atoms with Crippen molar-refractivity contribution in [2.24, 2.45) is 5.92 Å². The fraction of sp³-hybridized carbons (Fsp3) is 0.214. The Labute approximate surface area is 214 Å². The minimum absolute atomic E-state index is 0.0657. The van der Waals surface area contributed by atoms with Crippen LogP contribution in [0.15, 0.2) is 83.4 Å². The van der Waals surface area contributed by atoms with E-state index in [1.54, 1.807) is 42.5 Å². The molecule has 2 heterocycles. The molecule has 0 saturated carbocycles. The molecular weight excluding hydrogens is 476 g/mol. The van der Waals surface area contributed by atoms with E-state index in [2.05, 4.69) is 20.4 Å². The van der Waals surface area contributed by atoms with Gasteiger partial charge in [0.15, 0.2) is 5.78 Å². The zero-order valence-corrected chi connectivity index (χ0v) is 20.3. The second kappa shape index (κ2) is 10.8. The third-order valence-electron chi connectivity index (χ3n) is 6.33. The van der Waals surface area contributed by atoms with E-state index in [4.69, 9.17) is 16.1 Å². The molecule has 0 spiro atoms. The number of nitrogens with zero attached hydrogens (tertiary/aromatic N) is 3. The molecule has 8 heteroatoms. The molecule has 1 amide bonds. The minimum atomic E-state index is -0.133. The average Bonchev–Trinajstić information content (AvgIpc) is 3.38. The first kappa shape index (κ1) is 23.9. The number of hydrogen-bond acceptors (Lipinski definition) is 6. The second-order valence-corrected chi connectivity index (χ2v) is 9.24. The number of aromatic nitrogens is 2. The number of amides is 1. The smallest absolute Gasteiger partial charge is 0.241 e. The lowest BCUT2D eigenvalue weighted by molar-refractivity contribution is -0.121. The van der Waals surface area contributed by atoms with Gasteiger partial charge in [-0.1, -0.05) is 71.4 Å². The van der Waals surface area contributed by atoms with Crippen LogP contribution in [0.4, 0.5) is 5.69 Å². The van der Waals surface area contributed by atoms with Crippen molar-refractivity contribution in [3.8, 4) is 11.4 Å². The SMILES string of the molecule is O=C(c1ccccc1)c1ccccc1NC(=O)C1CCN(Cc2nc(-c3cccc(Cl)c3)no2)CC1. The Morgan fingerprint density at radius 1 is 0.972 bits per heavy atom. The van der Waals surface area contributed by atoms with Gasteiger partial charge in [0.1, 0.15) is 0 Å². The molecule has 3 aromatic carbocycles. The number of likely N-dealkylation sites (tertiary alicyclic amines) is 1. The van der Waals surface area contributed by atoms with Crippen molar-refractivity contribution in [1.82, 2.24) is 15.0 Å². The number of carbonyl (C=O) groups excluding carboxylic acids is 2. The number of carbonyl (C=O) groups is 2. The first-order valence-corrected chi connectivity index (χ1v) is 12.2. The maximum absolute atomic E-state index is 13.0. The van der Waals surface area contributed by atoms with Gasteiger partial charge in [0, 0.05) is 27.6 Å². The molecule has 0 radical (unpaired) electrons. The van der Waals surface area contributed by atoms with Gasteiger partial charge in [0.05, 0.1) is 12.2 Å². The number of nitrogens with one attached hydrogen (secondary N) is 1. The van der Waals surface area contributed by atoms with Crippen molar-refractivity contribution < 1.29 is 14.1 Å². The van der Waals surface area contributed by atoms with Crippen LogP contribution in [0.25, 0.3) is 11.4 Å². The first-order chi connectivity index (χ1) is 17.6. The van der Waals surface area contributed by atoms with E-state index < -0.39 is 0 Å². The largest absolute Gasteiger partial charge is 0.338 e. The van der Waals surface area contributed by atoms with Gasteiger partial charge in [0.2, 0.25) is 17.6 Å². The summed E-state index contributed by atoms with van der Waals surface area (Å²) in [7, 11) is 0. The van der Waals surface area contributed by atoms with Gasteiger partial charge in [0.25, 0.3) is 0 Å². The zero-order valence-electron chi connectivity index (χ0n) is 19.6. The van der Waals surface area contributed by atoms with E-state index in [0.29, 0.717) is 52.9 Å². The van der Waals surface area contributed by atoms with Gasteiger partial charge in [-0.05, 0) is 50.2 Å². The van der Waals surface area contributed by atoms with E-state index >= 15 is 0 Å². The molecule has 7 nitrogen and oxygen atoms in total. The van der Waals surface area contributed by atoms with Crippen LogP contribution >= 0.6 is 11.6 Å². The number of rotatable bonds is 7. The summed E-state index contributed by atoms with van der Waals surface area (Å²) in [4.78, 5) is 32.7. The van der Waals surface area contributed by atoms with E-state index in [-0.39, 0.29) is 17.6 Å². The molecule has 0 aliphatic carbocycles. The molecule has 1 aromatic heterocycles. The molecule has 182 valence electrons. The number of piperidine rings is 1. The zero-order chi connectivity index (χ0) is 24.9. The molecule has 5 rings (SSSR count). The lowest BCUT2D eigenvalue weighted by Crippen LogP contribution is -2.38. The molecule has 1 aliphatic heterocycles. The molecule has 0 unspecified atom stereocenters. The summed E-state index contributed by atoms with van der Waals surface area (Å²) >= 11 is 6.06. The molecule has 4 aromatic rings. The van der Waals surface area contributed by atoms with Gasteiger partial charge in [-0.2, -0.15) is 4.98 Å². The van der Waals surface area contributed by atoms with Crippen LogP contribution in [0.2, 0.25) is 5.02 Å². The highest BCUT2D eigenvalue weighted by Gasteiger charge is 2.27. The summed E-state index contributed by atoms with van der Waals surface area (Å²) in [5, 5.41) is 7.67. The monoisotopic (exact) mass is 500 g/mol. The molecule has 0 atom stereocenters. The number of halogens is 1. The van der Waals surface area contributed by atoms with E-state index in [1.165, 1.54) is 0 Å². The maximum atomic E-state index is 13.0. The van der Waals surface area contributed by atoms with Crippen LogP contribution in [0.3, 0.4) is 0 Å². The molecule has 0 bridgehead atoms. The second-order valence-electron chi connectivity index (χ2n) is 8.80. The van der Waals surface area contributed by atoms with Crippen molar-refractivity contribution in [3.05, 3.63) is 101 Å². The fourth-order valence-corrected chi connectivity index (χ4v) is 4.57. The van der Waals surface area contributed by atoms with Crippen LogP contribution in [0.5, 0.6) is 0 Å². The Morgan fingerprint density at radius 3 is 2.50 bits per heavy atom. The lowest BCUT2D eigenvalue weighted by atomic mass is 9.95. The van der Waals surface area contributed by atoms with Gasteiger partial charge in [-0.25, -0.2) is 0 Å². The average molecular weight is 501 g/mol. The van der Waals surface area contributed by atoms with Crippen LogP contribution in [0, 0.1) is 5.92 Å². The van der Waals surface area contributed by atoms with Crippen molar-refractivity contribution in [1.29, 1.82) is 0 Å². The van der Waals surface area contributed by atoms with Gasteiger partial charge >= 0.3 is 0 Å². The number of para-hydroxylation sites is 1. The molecule has 1 N–H and O–H groups in total. The predicted molar refractivity (Wildman–Crippen MR) is 138 cm³/mol. The topological polar surface area (TPSA) is 88.3 Å². The minimum Gasteiger partial charge on any atom is -0.338 e. The molecule has 36 heavy (non-hydrogen) atoms. The summed E-state index contributed by atoms with van der Waals surface area (Å²) in [6.45, 7) is 1.99. The Bertz CT molecular complexity index is 1360. The normalized spacial score (nSPS) is 14.5. The van der Waals surface area contributed by atoms with Gasteiger partial charge < -0.3 is 9.84 Å². The van der Waals surface area contributed by atoms with E-state index in [9.17, 15) is 9.59 Å². The van der Waals surface area contributed by atoms with Crippen molar-refractivity contribution in [2.45, 2.75) is 19.4 Å². The molecule has 1 fully saturated rings. The summed E-state index contributed by atoms with van der Waals surface area (Å²) in [5.41, 5.74) is 2.42. The number of anilines is 1. The summed E-state index contributed by atoms with van der Waals surface area (Å²) in [6.07, 6.45) is 1.41. The van der Waals surface area contributed by atoms with Gasteiger partial charge in [-0.15, -0.1) is 0 Å². The number of hydrogen-bond donors (Lipinski definition) is 1. The van der Waals surface area contributed by atoms with Gasteiger partial charge in [-0.3, -0.25) is 14.5 Å². The first-order valence-electron chi connectivity index (χ1n) is 11.9. The Kier molecular flexibility index (Phi) is 7.21. The molecular formula is C28H25ClN4O3. The van der Waals surface area contributed by atoms with Crippen LogP contribution in [-0.4, -0.2) is 39.8 Å². The number of benzene rings is 3. The van der Waals surface area contributed by atoms with Crippen molar-refractivity contribution >= 4 is 29.0 Å². The maximum Gasteiger partial charge on any atom is 0.241 e. The highest BCUT2D eigenvalue weighted by Crippen LogP contribution is 2.25. The van der Waals surface area contributed by atoms with Crippen LogP contribution in [0.1, 0.15) is 34.7 Å². The quantitative estimate of drug-likeness (QED) is 0.338. The number of ketones is 1. The Morgan fingerprint density at radius 2 is 1.72 bits per heavy atom. The standard InChI is InChI=1S/C28H25ClN4O3/c29-22-10-6-9-21(17-22)27-31-25(36-32-27)18-33-15-13-20(14-16-33)28(35)30-24-12-5-4-11-23(24)26(34)19-7-2-1-3-8-19/h1-12,17,20H,13-16,18H2,(H,30,35). The summed E-state index contributed by atoms with van der Waals surface area (Å²) in [5.74, 6) is 0.722. The van der Waals surface area contributed by atoms with Crippen molar-refractivity contribution in [2.75, 3.05) is 18.4 Å². The third kappa shape index (κ3) is 5.53. The fourth-order valence-electron chi connectivity index (χ4n) is 4.38. The highest BCUT2D eigenvalue weighted by atomic mass is 35.5. The molecule has 1 saturated heterocycles. The third-order valence-corrected chi connectivity index (χ3v) is 6.57. The van der Waals surface area contributed by atoms with E-state index in [1.807, 2.05) is 36.4 Å². The Balaban J connectivity index is 1.17. The van der Waals surface area contributed by atoms with Crippen LogP contribution in [-0.2, 0) is 11.3 Å². The van der Waals surface area contributed by atoms with Crippen LogP contribution < -0.4 is 5.32 Å². The summed E-state index contributed by atoms with van der Waals surface area (Å²) in [6, 6.07) is 23.5. The van der Waals surface area contributed by atoms with Crippen molar-refractivity contribution in [3.63, 3.8) is 0 Å². The lowest BCUT2D eigenvalue weighted by Gasteiger charge is -2.30. The molecule has 1 aliphatic rings.